The highest BCUT2D eigenvalue weighted by Crippen LogP contribution is 2.58. The zero-order valence-corrected chi connectivity index (χ0v) is 22.0. The smallest absolute Gasteiger partial charge is 0.249 e. The molecule has 0 saturated carbocycles. The van der Waals surface area contributed by atoms with Crippen molar-refractivity contribution in [2.75, 3.05) is 26.2 Å². The van der Waals surface area contributed by atoms with E-state index in [2.05, 4.69) is 0 Å². The SMILES string of the molecule is CCCN1CC=C[C@@]2(C)O[C@]34C=CCN(C(C)C)C(=O)C3N([C@H](CO)c3ccccc3)C(=O)[C@@H]4[C@H]2C1=O. The van der Waals surface area contributed by atoms with Crippen LogP contribution in [0.25, 0.3) is 0 Å². The van der Waals surface area contributed by atoms with E-state index in [9.17, 15) is 19.5 Å². The molecule has 6 atom stereocenters. The summed E-state index contributed by atoms with van der Waals surface area (Å²) in [7, 11) is 0. The quantitative estimate of drug-likeness (QED) is 0.597. The second kappa shape index (κ2) is 9.40. The molecule has 1 aromatic carbocycles. The van der Waals surface area contributed by atoms with E-state index in [1.807, 2.05) is 82.3 Å². The highest BCUT2D eigenvalue weighted by molar-refractivity contribution is 6.00. The fourth-order valence-corrected chi connectivity index (χ4v) is 6.83. The predicted molar refractivity (Wildman–Crippen MR) is 138 cm³/mol. The molecule has 0 bridgehead atoms. The fourth-order valence-electron chi connectivity index (χ4n) is 6.83. The van der Waals surface area contributed by atoms with Gasteiger partial charge in [-0.2, -0.15) is 0 Å². The second-order valence-electron chi connectivity index (χ2n) is 11.0. The molecular formula is C29H37N3O5. The van der Waals surface area contributed by atoms with Gasteiger partial charge in [0.1, 0.15) is 11.6 Å². The van der Waals surface area contributed by atoms with Gasteiger partial charge in [0.25, 0.3) is 0 Å². The minimum atomic E-state index is -1.32. The lowest BCUT2D eigenvalue weighted by atomic mass is 9.74. The molecule has 2 fully saturated rings. The third kappa shape index (κ3) is 3.76. The number of aliphatic hydroxyl groups excluding tert-OH is 1. The van der Waals surface area contributed by atoms with E-state index in [1.54, 1.807) is 9.80 Å². The van der Waals surface area contributed by atoms with Crippen LogP contribution in [0.3, 0.4) is 0 Å². The molecule has 8 nitrogen and oxygen atoms in total. The van der Waals surface area contributed by atoms with Crippen LogP contribution in [0.15, 0.2) is 54.6 Å². The lowest BCUT2D eigenvalue weighted by Crippen LogP contribution is -2.57. The molecule has 5 rings (SSSR count). The van der Waals surface area contributed by atoms with Crippen molar-refractivity contribution in [3.8, 4) is 0 Å². The molecule has 0 aromatic heterocycles. The van der Waals surface area contributed by atoms with E-state index in [4.69, 9.17) is 4.74 Å². The zero-order chi connectivity index (χ0) is 26.5. The van der Waals surface area contributed by atoms with Crippen LogP contribution in [0.5, 0.6) is 0 Å². The Morgan fingerprint density at radius 2 is 1.70 bits per heavy atom. The van der Waals surface area contributed by atoms with Gasteiger partial charge >= 0.3 is 0 Å². The van der Waals surface area contributed by atoms with Crippen molar-refractivity contribution in [1.82, 2.24) is 14.7 Å². The van der Waals surface area contributed by atoms with Crippen LogP contribution in [0.2, 0.25) is 0 Å². The lowest BCUT2D eigenvalue weighted by molar-refractivity contribution is -0.156. The van der Waals surface area contributed by atoms with E-state index < -0.39 is 35.1 Å². The molecule has 4 heterocycles. The van der Waals surface area contributed by atoms with Crippen LogP contribution in [0.4, 0.5) is 0 Å². The molecule has 0 aliphatic carbocycles. The van der Waals surface area contributed by atoms with Crippen molar-refractivity contribution in [2.24, 2.45) is 11.8 Å². The molecule has 3 amide bonds. The summed E-state index contributed by atoms with van der Waals surface area (Å²) >= 11 is 0. The van der Waals surface area contributed by atoms with Crippen molar-refractivity contribution in [2.45, 2.75) is 63.4 Å². The number of rotatable bonds is 6. The van der Waals surface area contributed by atoms with Crippen molar-refractivity contribution >= 4 is 17.7 Å². The Hall–Kier alpha value is -2.97. The third-order valence-electron chi connectivity index (χ3n) is 8.42. The Balaban J connectivity index is 1.70. The first-order valence-electron chi connectivity index (χ1n) is 13.3. The van der Waals surface area contributed by atoms with E-state index in [-0.39, 0.29) is 30.4 Å². The first-order chi connectivity index (χ1) is 17.7. The lowest BCUT2D eigenvalue weighted by Gasteiger charge is -2.40. The Morgan fingerprint density at radius 1 is 1.00 bits per heavy atom. The summed E-state index contributed by atoms with van der Waals surface area (Å²) in [5.41, 5.74) is -1.63. The summed E-state index contributed by atoms with van der Waals surface area (Å²) < 4.78 is 6.84. The van der Waals surface area contributed by atoms with Crippen LogP contribution in [0, 0.1) is 11.8 Å². The molecular weight excluding hydrogens is 470 g/mol. The molecule has 2 saturated heterocycles. The minimum Gasteiger partial charge on any atom is -0.394 e. The average Bonchev–Trinajstić information content (AvgIpc) is 3.14. The number of nitrogens with zero attached hydrogens (tertiary/aromatic N) is 3. The van der Waals surface area contributed by atoms with Crippen molar-refractivity contribution in [3.05, 3.63) is 60.2 Å². The highest BCUT2D eigenvalue weighted by atomic mass is 16.5. The first kappa shape index (κ1) is 25.7. The second-order valence-corrected chi connectivity index (χ2v) is 11.0. The normalized spacial score (nSPS) is 33.9. The van der Waals surface area contributed by atoms with Gasteiger partial charge in [-0.25, -0.2) is 0 Å². The molecule has 8 heteroatoms. The van der Waals surface area contributed by atoms with Crippen LogP contribution in [-0.2, 0) is 19.1 Å². The summed E-state index contributed by atoms with van der Waals surface area (Å²) in [4.78, 5) is 47.8. The highest BCUT2D eigenvalue weighted by Gasteiger charge is 2.75. The van der Waals surface area contributed by atoms with Gasteiger partial charge in [0.05, 0.1) is 30.1 Å². The number of benzene rings is 1. The van der Waals surface area contributed by atoms with Gasteiger partial charge in [-0.3, -0.25) is 14.4 Å². The fraction of sp³-hybridized carbons (Fsp3) is 0.552. The van der Waals surface area contributed by atoms with Gasteiger partial charge in [0.15, 0.2) is 0 Å². The average molecular weight is 508 g/mol. The summed E-state index contributed by atoms with van der Waals surface area (Å²) in [6.45, 7) is 8.83. The zero-order valence-electron chi connectivity index (χ0n) is 22.0. The van der Waals surface area contributed by atoms with Gasteiger partial charge in [-0.05, 0) is 32.8 Å². The molecule has 1 unspecified atom stereocenters. The van der Waals surface area contributed by atoms with Gasteiger partial charge < -0.3 is 24.5 Å². The maximum atomic E-state index is 14.5. The number of carbonyl (C=O) groups excluding carboxylic acids is 3. The number of hydrogen-bond donors (Lipinski definition) is 1. The Bertz CT molecular complexity index is 1130. The van der Waals surface area contributed by atoms with Crippen LogP contribution < -0.4 is 0 Å². The van der Waals surface area contributed by atoms with Crippen LogP contribution >= 0.6 is 0 Å². The van der Waals surface area contributed by atoms with E-state index in [1.165, 1.54) is 4.90 Å². The summed E-state index contributed by atoms with van der Waals surface area (Å²) in [5, 5.41) is 10.6. The number of likely N-dealkylation sites (tertiary alicyclic amines) is 1. The predicted octanol–water partition coefficient (Wildman–Crippen LogP) is 2.31. The molecule has 1 aromatic rings. The first-order valence-corrected chi connectivity index (χ1v) is 13.3. The molecule has 4 aliphatic heterocycles. The standard InChI is InChI=1S/C29H37N3O5/c1-5-15-30-16-9-13-28(4)22(25(30)34)23-26(35)32(21(18-33)20-11-7-6-8-12-20)24-27(36)31(19(2)3)17-10-14-29(23,24)37-28/h6-14,19,21-24,33H,5,15-18H2,1-4H3/t21-,22+,23+,24?,28-,29+/m1/s1. The van der Waals surface area contributed by atoms with Gasteiger partial charge in [0.2, 0.25) is 17.7 Å². The number of aliphatic hydroxyl groups is 1. The van der Waals surface area contributed by atoms with Gasteiger partial charge in [0, 0.05) is 25.7 Å². The van der Waals surface area contributed by atoms with Gasteiger partial charge in [-0.15, -0.1) is 0 Å². The Morgan fingerprint density at radius 3 is 2.35 bits per heavy atom. The largest absolute Gasteiger partial charge is 0.394 e. The summed E-state index contributed by atoms with van der Waals surface area (Å²) in [6, 6.07) is 7.40. The van der Waals surface area contributed by atoms with Crippen molar-refractivity contribution in [1.29, 1.82) is 0 Å². The number of carbonyl (C=O) groups is 3. The van der Waals surface area contributed by atoms with Crippen molar-refractivity contribution in [3.63, 3.8) is 0 Å². The maximum Gasteiger partial charge on any atom is 0.249 e. The Kier molecular flexibility index (Phi) is 6.52. The molecule has 0 radical (unpaired) electrons. The van der Waals surface area contributed by atoms with E-state index in [0.717, 1.165) is 12.0 Å². The number of amides is 3. The summed E-state index contributed by atoms with van der Waals surface area (Å²) in [6.07, 6.45) is 8.38. The van der Waals surface area contributed by atoms with Crippen LogP contribution in [-0.4, -0.2) is 87.1 Å². The van der Waals surface area contributed by atoms with E-state index in [0.29, 0.717) is 19.6 Å². The third-order valence-corrected chi connectivity index (χ3v) is 8.42. The van der Waals surface area contributed by atoms with Crippen molar-refractivity contribution < 1.29 is 24.2 Å². The number of ether oxygens (including phenoxy) is 1. The molecule has 1 spiro atoms. The van der Waals surface area contributed by atoms with Gasteiger partial charge in [-0.1, -0.05) is 61.6 Å². The summed E-state index contributed by atoms with van der Waals surface area (Å²) in [5.74, 6) is -2.35. The number of hydrogen-bond acceptors (Lipinski definition) is 5. The Labute approximate surface area is 218 Å². The molecule has 198 valence electrons. The minimum absolute atomic E-state index is 0.100. The molecule has 4 aliphatic rings. The number of fused-ring (bicyclic) bond motifs is 2. The maximum absolute atomic E-state index is 14.5. The molecule has 37 heavy (non-hydrogen) atoms. The topological polar surface area (TPSA) is 90.4 Å². The van der Waals surface area contributed by atoms with E-state index >= 15 is 0 Å². The monoisotopic (exact) mass is 507 g/mol. The van der Waals surface area contributed by atoms with Crippen LogP contribution in [0.1, 0.15) is 45.7 Å². The molecule has 1 N–H and O–H groups in total.